The molecule has 0 saturated heterocycles. The molecule has 0 unspecified atom stereocenters. The predicted octanol–water partition coefficient (Wildman–Crippen LogP) is 2.86. The van der Waals surface area contributed by atoms with Crippen LogP contribution >= 0.6 is 0 Å². The van der Waals surface area contributed by atoms with Crippen LogP contribution in [-0.2, 0) is 19.1 Å². The number of carbonyl (C=O) groups excluding carboxylic acids is 2. The van der Waals surface area contributed by atoms with Crippen LogP contribution in [0.1, 0.15) is 30.4 Å². The molecule has 0 fully saturated rings. The SMILES string of the molecule is COCCN(CC(=O)O)C(=O)C[C@@H](C)NC(=O)OCC1c2ccccc2-c2ccccc21. The molecule has 8 heteroatoms. The van der Waals surface area contributed by atoms with E-state index < -0.39 is 24.6 Å². The van der Waals surface area contributed by atoms with Crippen LogP contribution in [0.2, 0.25) is 0 Å². The fourth-order valence-electron chi connectivity index (χ4n) is 3.94. The van der Waals surface area contributed by atoms with E-state index in [4.69, 9.17) is 14.6 Å². The summed E-state index contributed by atoms with van der Waals surface area (Å²) in [6.45, 7) is 1.83. The lowest BCUT2D eigenvalue weighted by atomic mass is 9.98. The quantitative estimate of drug-likeness (QED) is 0.589. The molecule has 1 aliphatic rings. The summed E-state index contributed by atoms with van der Waals surface area (Å²) in [5.74, 6) is -1.53. The fourth-order valence-corrected chi connectivity index (χ4v) is 3.94. The van der Waals surface area contributed by atoms with Crippen molar-refractivity contribution in [2.75, 3.05) is 33.4 Å². The third-order valence-electron chi connectivity index (χ3n) is 5.43. The number of carboxylic acid groups (broad SMARTS) is 1. The van der Waals surface area contributed by atoms with E-state index in [0.717, 1.165) is 22.3 Å². The van der Waals surface area contributed by atoms with Gasteiger partial charge in [-0.3, -0.25) is 9.59 Å². The van der Waals surface area contributed by atoms with E-state index in [-0.39, 0.29) is 38.0 Å². The number of methoxy groups -OCH3 is 1. The standard InChI is InChI=1S/C24H28N2O6/c1-16(13-22(27)26(11-12-31-2)14-23(28)29)25-24(30)32-15-21-19-9-5-3-7-17(19)18-8-4-6-10-20(18)21/h3-10,16,21H,11-15H2,1-2H3,(H,25,30)(H,28,29)/t16-/m1/s1. The molecule has 2 amide bonds. The monoisotopic (exact) mass is 440 g/mol. The zero-order valence-electron chi connectivity index (χ0n) is 18.2. The van der Waals surface area contributed by atoms with Crippen molar-refractivity contribution in [2.45, 2.75) is 25.3 Å². The molecule has 0 radical (unpaired) electrons. The van der Waals surface area contributed by atoms with Gasteiger partial charge in [0.15, 0.2) is 0 Å². The number of nitrogens with zero attached hydrogens (tertiary/aromatic N) is 1. The molecule has 0 saturated carbocycles. The Balaban J connectivity index is 1.55. The number of nitrogens with one attached hydrogen (secondary N) is 1. The van der Waals surface area contributed by atoms with E-state index >= 15 is 0 Å². The van der Waals surface area contributed by atoms with Gasteiger partial charge in [0.05, 0.1) is 6.61 Å². The molecular weight excluding hydrogens is 412 g/mol. The molecule has 8 nitrogen and oxygen atoms in total. The third-order valence-corrected chi connectivity index (χ3v) is 5.43. The van der Waals surface area contributed by atoms with Gasteiger partial charge in [0.2, 0.25) is 5.91 Å². The van der Waals surface area contributed by atoms with Crippen LogP contribution in [0, 0.1) is 0 Å². The first kappa shape index (κ1) is 23.3. The first-order valence-electron chi connectivity index (χ1n) is 10.5. The molecule has 2 aromatic carbocycles. The van der Waals surface area contributed by atoms with E-state index in [1.807, 2.05) is 36.4 Å². The summed E-state index contributed by atoms with van der Waals surface area (Å²) in [5.41, 5.74) is 4.52. The van der Waals surface area contributed by atoms with Crippen molar-refractivity contribution in [3.63, 3.8) is 0 Å². The average Bonchev–Trinajstić information content (AvgIpc) is 3.08. The molecule has 1 atom stereocenters. The van der Waals surface area contributed by atoms with E-state index in [9.17, 15) is 14.4 Å². The van der Waals surface area contributed by atoms with Crippen molar-refractivity contribution < 1.29 is 29.0 Å². The van der Waals surface area contributed by atoms with Gasteiger partial charge in [-0.1, -0.05) is 48.5 Å². The molecule has 0 aliphatic heterocycles. The lowest BCUT2D eigenvalue weighted by Gasteiger charge is -2.22. The summed E-state index contributed by atoms with van der Waals surface area (Å²) in [4.78, 5) is 37.0. The van der Waals surface area contributed by atoms with Gasteiger partial charge in [0.25, 0.3) is 0 Å². The second kappa shape index (κ2) is 10.8. The summed E-state index contributed by atoms with van der Waals surface area (Å²) in [6, 6.07) is 15.6. The number of aliphatic carboxylic acids is 1. The maximum Gasteiger partial charge on any atom is 0.407 e. The molecule has 1 aliphatic carbocycles. The van der Waals surface area contributed by atoms with Gasteiger partial charge >= 0.3 is 12.1 Å². The summed E-state index contributed by atoms with van der Waals surface area (Å²) in [7, 11) is 1.48. The van der Waals surface area contributed by atoms with Crippen LogP contribution in [0.15, 0.2) is 48.5 Å². The highest BCUT2D eigenvalue weighted by atomic mass is 16.5. The number of ether oxygens (including phenoxy) is 2. The Hall–Kier alpha value is -3.39. The van der Waals surface area contributed by atoms with Gasteiger partial charge in [0.1, 0.15) is 13.2 Å². The Morgan fingerprint density at radius 2 is 1.66 bits per heavy atom. The number of alkyl carbamates (subject to hydrolysis) is 1. The molecule has 2 N–H and O–H groups in total. The fraction of sp³-hybridized carbons (Fsp3) is 0.375. The molecular formula is C24H28N2O6. The number of hydrogen-bond acceptors (Lipinski definition) is 5. The lowest BCUT2D eigenvalue weighted by Crippen LogP contribution is -2.42. The van der Waals surface area contributed by atoms with Crippen molar-refractivity contribution in [1.29, 1.82) is 0 Å². The number of rotatable bonds is 10. The Kier molecular flexibility index (Phi) is 7.83. The number of hydrogen-bond donors (Lipinski definition) is 2. The Morgan fingerprint density at radius 3 is 2.22 bits per heavy atom. The molecule has 170 valence electrons. The largest absolute Gasteiger partial charge is 0.480 e. The van der Waals surface area contributed by atoms with Gasteiger partial charge in [-0.25, -0.2) is 4.79 Å². The van der Waals surface area contributed by atoms with Crippen molar-refractivity contribution >= 4 is 18.0 Å². The Morgan fingerprint density at radius 1 is 1.06 bits per heavy atom. The van der Waals surface area contributed by atoms with E-state index in [2.05, 4.69) is 17.4 Å². The van der Waals surface area contributed by atoms with Crippen LogP contribution in [0.3, 0.4) is 0 Å². The van der Waals surface area contributed by atoms with E-state index in [1.165, 1.54) is 12.0 Å². The highest BCUT2D eigenvalue weighted by Crippen LogP contribution is 2.44. The van der Waals surface area contributed by atoms with Gasteiger partial charge in [0, 0.05) is 32.0 Å². The van der Waals surface area contributed by atoms with Crippen LogP contribution in [0.25, 0.3) is 11.1 Å². The van der Waals surface area contributed by atoms with Crippen molar-refractivity contribution in [3.05, 3.63) is 59.7 Å². The van der Waals surface area contributed by atoms with Gasteiger partial charge in [-0.05, 0) is 29.2 Å². The second-order valence-corrected chi connectivity index (χ2v) is 7.78. The van der Waals surface area contributed by atoms with Crippen LogP contribution in [0.4, 0.5) is 4.79 Å². The topological polar surface area (TPSA) is 105 Å². The number of carbonyl (C=O) groups is 3. The minimum absolute atomic E-state index is 0.0405. The van der Waals surface area contributed by atoms with Crippen molar-refractivity contribution in [3.8, 4) is 11.1 Å². The molecule has 0 heterocycles. The molecule has 3 rings (SSSR count). The molecule has 0 spiro atoms. The van der Waals surface area contributed by atoms with Gasteiger partial charge < -0.3 is 24.8 Å². The smallest absolute Gasteiger partial charge is 0.407 e. The number of carboxylic acids is 1. The average molecular weight is 440 g/mol. The van der Waals surface area contributed by atoms with Crippen molar-refractivity contribution in [2.24, 2.45) is 0 Å². The predicted molar refractivity (Wildman–Crippen MR) is 118 cm³/mol. The summed E-state index contributed by atoms with van der Waals surface area (Å²) >= 11 is 0. The first-order valence-corrected chi connectivity index (χ1v) is 10.5. The van der Waals surface area contributed by atoms with E-state index in [1.54, 1.807) is 6.92 Å². The number of fused-ring (bicyclic) bond motifs is 3. The van der Waals surface area contributed by atoms with Gasteiger partial charge in [-0.15, -0.1) is 0 Å². The van der Waals surface area contributed by atoms with E-state index in [0.29, 0.717) is 0 Å². The van der Waals surface area contributed by atoms with Crippen LogP contribution < -0.4 is 5.32 Å². The summed E-state index contributed by atoms with van der Waals surface area (Å²) in [5, 5.41) is 11.7. The van der Waals surface area contributed by atoms with Crippen molar-refractivity contribution in [1.82, 2.24) is 10.2 Å². The minimum Gasteiger partial charge on any atom is -0.480 e. The molecule has 32 heavy (non-hydrogen) atoms. The minimum atomic E-state index is -1.10. The normalized spacial score (nSPS) is 13.1. The Labute approximate surface area is 187 Å². The molecule has 0 bridgehead atoms. The first-order chi connectivity index (χ1) is 15.4. The number of amides is 2. The highest BCUT2D eigenvalue weighted by Gasteiger charge is 2.29. The zero-order valence-corrected chi connectivity index (χ0v) is 18.2. The Bertz CT molecular complexity index is 931. The maximum atomic E-state index is 12.4. The third kappa shape index (κ3) is 5.64. The van der Waals surface area contributed by atoms with Crippen LogP contribution in [-0.4, -0.2) is 67.4 Å². The van der Waals surface area contributed by atoms with Crippen LogP contribution in [0.5, 0.6) is 0 Å². The van der Waals surface area contributed by atoms with Gasteiger partial charge in [-0.2, -0.15) is 0 Å². The second-order valence-electron chi connectivity index (χ2n) is 7.78. The maximum absolute atomic E-state index is 12.4. The molecule has 0 aromatic heterocycles. The lowest BCUT2D eigenvalue weighted by molar-refractivity contribution is -0.145. The molecule has 2 aromatic rings. The summed E-state index contributed by atoms with van der Waals surface area (Å²) in [6.07, 6.45) is -0.657. The zero-order chi connectivity index (χ0) is 23.1. The highest BCUT2D eigenvalue weighted by molar-refractivity contribution is 5.82. The number of benzene rings is 2. The summed E-state index contributed by atoms with van der Waals surface area (Å²) < 4.78 is 10.4.